The van der Waals surface area contributed by atoms with Gasteiger partial charge >= 0.3 is 0 Å². The Morgan fingerprint density at radius 3 is 2.50 bits per heavy atom. The molecule has 0 atom stereocenters. The summed E-state index contributed by atoms with van der Waals surface area (Å²) in [5.74, 6) is -0.0542. The van der Waals surface area contributed by atoms with Crippen molar-refractivity contribution < 1.29 is 9.59 Å². The van der Waals surface area contributed by atoms with Crippen LogP contribution in [0.15, 0.2) is 12.7 Å². The Kier molecular flexibility index (Phi) is 4.46. The van der Waals surface area contributed by atoms with Crippen molar-refractivity contribution in [3.63, 3.8) is 0 Å². The maximum atomic E-state index is 10.7. The SMILES string of the molecule is C=CCCC(=O)CC(C)=O. The normalized spacial score (nSPS) is 8.90. The van der Waals surface area contributed by atoms with Crippen LogP contribution in [-0.4, -0.2) is 11.6 Å². The summed E-state index contributed by atoms with van der Waals surface area (Å²) in [7, 11) is 0. The lowest BCUT2D eigenvalue weighted by Gasteiger charge is -1.92. The Morgan fingerprint density at radius 2 is 2.10 bits per heavy atom. The molecule has 0 saturated carbocycles. The van der Waals surface area contributed by atoms with Gasteiger partial charge in [-0.2, -0.15) is 0 Å². The highest BCUT2D eigenvalue weighted by molar-refractivity contribution is 5.97. The van der Waals surface area contributed by atoms with E-state index in [2.05, 4.69) is 6.58 Å². The van der Waals surface area contributed by atoms with Crippen molar-refractivity contribution in [1.29, 1.82) is 0 Å². The van der Waals surface area contributed by atoms with E-state index < -0.39 is 0 Å². The number of allylic oxidation sites excluding steroid dienone is 1. The third-order valence-electron chi connectivity index (χ3n) is 1.07. The minimum atomic E-state index is -0.0611. The summed E-state index contributed by atoms with van der Waals surface area (Å²) in [5, 5.41) is 0. The second-order valence-electron chi connectivity index (χ2n) is 2.24. The molecule has 0 bridgehead atoms. The molecule has 0 radical (unpaired) electrons. The molecule has 0 aromatic heterocycles. The standard InChI is InChI=1S/C8H12O2/c1-3-4-5-8(10)6-7(2)9/h3H,1,4-6H2,2H3. The molecule has 2 heteroatoms. The molecule has 0 saturated heterocycles. The van der Waals surface area contributed by atoms with E-state index in [1.54, 1.807) is 6.08 Å². The van der Waals surface area contributed by atoms with E-state index in [0.717, 1.165) is 0 Å². The summed E-state index contributed by atoms with van der Waals surface area (Å²) in [5.41, 5.74) is 0. The highest BCUT2D eigenvalue weighted by Crippen LogP contribution is 1.95. The average Bonchev–Trinajstić information content (AvgIpc) is 1.82. The van der Waals surface area contributed by atoms with Crippen LogP contribution in [-0.2, 0) is 9.59 Å². The molecule has 0 aliphatic heterocycles. The molecule has 0 fully saturated rings. The lowest BCUT2D eigenvalue weighted by Crippen LogP contribution is -2.02. The molecule has 0 heterocycles. The maximum absolute atomic E-state index is 10.7. The molecule has 2 nitrogen and oxygen atoms in total. The third kappa shape index (κ3) is 5.22. The van der Waals surface area contributed by atoms with Crippen LogP contribution < -0.4 is 0 Å². The number of hydrogen-bond acceptors (Lipinski definition) is 2. The van der Waals surface area contributed by atoms with Gasteiger partial charge in [0.15, 0.2) is 0 Å². The summed E-state index contributed by atoms with van der Waals surface area (Å²) in [4.78, 5) is 21.1. The number of carbonyl (C=O) groups is 2. The molecule has 0 spiro atoms. The van der Waals surface area contributed by atoms with E-state index in [1.807, 2.05) is 0 Å². The van der Waals surface area contributed by atoms with Crippen LogP contribution in [0, 0.1) is 0 Å². The summed E-state index contributed by atoms with van der Waals surface area (Å²) in [6.07, 6.45) is 2.88. The summed E-state index contributed by atoms with van der Waals surface area (Å²) >= 11 is 0. The summed E-state index contributed by atoms with van der Waals surface area (Å²) in [6, 6.07) is 0. The quantitative estimate of drug-likeness (QED) is 0.428. The van der Waals surface area contributed by atoms with Crippen molar-refractivity contribution in [2.24, 2.45) is 0 Å². The van der Waals surface area contributed by atoms with E-state index in [1.165, 1.54) is 6.92 Å². The zero-order valence-electron chi connectivity index (χ0n) is 6.22. The summed E-state index contributed by atoms with van der Waals surface area (Å²) < 4.78 is 0. The maximum Gasteiger partial charge on any atom is 0.140 e. The van der Waals surface area contributed by atoms with E-state index in [0.29, 0.717) is 12.8 Å². The second kappa shape index (κ2) is 4.91. The molecule has 10 heavy (non-hydrogen) atoms. The zero-order chi connectivity index (χ0) is 7.98. The molecular weight excluding hydrogens is 128 g/mol. The highest BCUT2D eigenvalue weighted by Gasteiger charge is 2.02. The van der Waals surface area contributed by atoms with Gasteiger partial charge in [0.2, 0.25) is 0 Å². The van der Waals surface area contributed by atoms with Gasteiger partial charge in [-0.1, -0.05) is 6.08 Å². The van der Waals surface area contributed by atoms with E-state index in [4.69, 9.17) is 0 Å². The Labute approximate surface area is 60.9 Å². The number of carbonyl (C=O) groups excluding carboxylic acids is 2. The Balaban J connectivity index is 3.43. The zero-order valence-corrected chi connectivity index (χ0v) is 6.22. The first kappa shape index (κ1) is 9.08. The Morgan fingerprint density at radius 1 is 1.50 bits per heavy atom. The van der Waals surface area contributed by atoms with Crippen LogP contribution >= 0.6 is 0 Å². The van der Waals surface area contributed by atoms with Crippen LogP contribution in [0.5, 0.6) is 0 Å². The fourth-order valence-electron chi connectivity index (χ4n) is 0.629. The van der Waals surface area contributed by atoms with Gasteiger partial charge in [-0.05, 0) is 13.3 Å². The van der Waals surface area contributed by atoms with Gasteiger partial charge in [0.05, 0.1) is 6.42 Å². The molecular formula is C8H12O2. The number of ketones is 2. The molecule has 0 aliphatic rings. The topological polar surface area (TPSA) is 34.1 Å². The van der Waals surface area contributed by atoms with E-state index in [9.17, 15) is 9.59 Å². The number of rotatable bonds is 5. The first-order chi connectivity index (χ1) is 4.66. The number of Topliss-reactive ketones (excluding diaryl/α,β-unsaturated/α-hetero) is 2. The van der Waals surface area contributed by atoms with Crippen molar-refractivity contribution >= 4 is 11.6 Å². The van der Waals surface area contributed by atoms with Gasteiger partial charge in [0.25, 0.3) is 0 Å². The Hall–Kier alpha value is -0.920. The molecule has 56 valence electrons. The fourth-order valence-corrected chi connectivity index (χ4v) is 0.629. The van der Waals surface area contributed by atoms with Gasteiger partial charge < -0.3 is 0 Å². The summed E-state index contributed by atoms with van der Waals surface area (Å²) in [6.45, 7) is 4.90. The van der Waals surface area contributed by atoms with Gasteiger partial charge in [-0.25, -0.2) is 0 Å². The molecule has 0 aromatic rings. The van der Waals surface area contributed by atoms with Crippen LogP contribution in [0.2, 0.25) is 0 Å². The smallest absolute Gasteiger partial charge is 0.140 e. The molecule has 0 aliphatic carbocycles. The van der Waals surface area contributed by atoms with Crippen molar-refractivity contribution in [3.8, 4) is 0 Å². The van der Waals surface area contributed by atoms with Crippen LogP contribution in [0.3, 0.4) is 0 Å². The molecule has 0 N–H and O–H groups in total. The average molecular weight is 140 g/mol. The molecule has 0 aromatic carbocycles. The van der Waals surface area contributed by atoms with Crippen LogP contribution in [0.1, 0.15) is 26.2 Å². The van der Waals surface area contributed by atoms with E-state index in [-0.39, 0.29) is 18.0 Å². The monoisotopic (exact) mass is 140 g/mol. The minimum absolute atomic E-state index is 0.00685. The highest BCUT2D eigenvalue weighted by atomic mass is 16.1. The van der Waals surface area contributed by atoms with Gasteiger partial charge in [0.1, 0.15) is 11.6 Å². The first-order valence-corrected chi connectivity index (χ1v) is 3.29. The molecule has 0 rings (SSSR count). The minimum Gasteiger partial charge on any atom is -0.300 e. The van der Waals surface area contributed by atoms with Crippen LogP contribution in [0.4, 0.5) is 0 Å². The van der Waals surface area contributed by atoms with Crippen LogP contribution in [0.25, 0.3) is 0 Å². The van der Waals surface area contributed by atoms with Crippen molar-refractivity contribution in [3.05, 3.63) is 12.7 Å². The predicted octanol–water partition coefficient (Wildman–Crippen LogP) is 1.50. The van der Waals surface area contributed by atoms with Gasteiger partial charge in [-0.15, -0.1) is 6.58 Å². The molecule has 0 amide bonds. The number of hydrogen-bond donors (Lipinski definition) is 0. The van der Waals surface area contributed by atoms with Crippen molar-refractivity contribution in [1.82, 2.24) is 0 Å². The third-order valence-corrected chi connectivity index (χ3v) is 1.07. The lowest BCUT2D eigenvalue weighted by molar-refractivity contribution is -0.125. The first-order valence-electron chi connectivity index (χ1n) is 3.29. The predicted molar refractivity (Wildman–Crippen MR) is 39.7 cm³/mol. The second-order valence-corrected chi connectivity index (χ2v) is 2.24. The lowest BCUT2D eigenvalue weighted by atomic mass is 10.1. The van der Waals surface area contributed by atoms with E-state index >= 15 is 0 Å². The van der Waals surface area contributed by atoms with Crippen molar-refractivity contribution in [2.75, 3.05) is 0 Å². The van der Waals surface area contributed by atoms with Crippen molar-refractivity contribution in [2.45, 2.75) is 26.2 Å². The largest absolute Gasteiger partial charge is 0.300 e. The fraction of sp³-hybridized carbons (Fsp3) is 0.500. The molecule has 0 unspecified atom stereocenters. The van der Waals surface area contributed by atoms with Gasteiger partial charge in [-0.3, -0.25) is 9.59 Å². The van der Waals surface area contributed by atoms with Gasteiger partial charge in [0, 0.05) is 6.42 Å². The Bertz CT molecular complexity index is 147.